The van der Waals surface area contributed by atoms with Gasteiger partial charge >= 0.3 is 0 Å². The average Bonchev–Trinajstić information content (AvgIpc) is 3.46. The van der Waals surface area contributed by atoms with Crippen LogP contribution in [0.4, 0.5) is 5.69 Å². The van der Waals surface area contributed by atoms with Gasteiger partial charge in [0.05, 0.1) is 11.7 Å². The van der Waals surface area contributed by atoms with Crippen molar-refractivity contribution in [1.82, 2.24) is 25.4 Å². The normalized spacial score (nSPS) is 14.7. The number of aryl methyl sites for hydroxylation is 2. The van der Waals surface area contributed by atoms with Crippen LogP contribution in [0.25, 0.3) is 5.82 Å². The van der Waals surface area contributed by atoms with Crippen molar-refractivity contribution in [3.63, 3.8) is 0 Å². The number of nitrogens with zero attached hydrogens (tertiary/aromatic N) is 5. The Morgan fingerprint density at radius 2 is 1.91 bits per heavy atom. The van der Waals surface area contributed by atoms with Gasteiger partial charge in [-0.1, -0.05) is 18.2 Å². The van der Waals surface area contributed by atoms with Gasteiger partial charge in [0.15, 0.2) is 11.8 Å². The van der Waals surface area contributed by atoms with Gasteiger partial charge in [0, 0.05) is 44.3 Å². The zero-order valence-corrected chi connectivity index (χ0v) is 22.2. The summed E-state index contributed by atoms with van der Waals surface area (Å²) in [6, 6.07) is 15.1. The fourth-order valence-electron chi connectivity index (χ4n) is 4.14. The first-order valence-electron chi connectivity index (χ1n) is 11.3. The topological polar surface area (TPSA) is 70.4 Å². The van der Waals surface area contributed by atoms with E-state index in [-0.39, 0.29) is 30.0 Å². The summed E-state index contributed by atoms with van der Waals surface area (Å²) in [6.07, 6.45) is 4.45. The molecule has 4 rings (SSSR count). The number of nitrogens with one attached hydrogen (secondary N) is 2. The van der Waals surface area contributed by atoms with Crippen molar-refractivity contribution in [2.24, 2.45) is 4.99 Å². The van der Waals surface area contributed by atoms with E-state index in [2.05, 4.69) is 73.9 Å². The number of hydrogen-bond acceptors (Lipinski definition) is 4. The van der Waals surface area contributed by atoms with E-state index >= 15 is 0 Å². The van der Waals surface area contributed by atoms with Crippen LogP contribution in [0.5, 0.6) is 0 Å². The van der Waals surface area contributed by atoms with Gasteiger partial charge in [-0.3, -0.25) is 4.99 Å². The standard InChI is InChI=1S/C25H33N7.HI/c1-18-14-19(2)32(30-18)24-11-10-21(16-27-24)17-28-25(26-4)29-20(3)22-8-7-9-23(15-22)31-12-5-6-13-31;/h7-11,14-16,20H,5-6,12-13,17H2,1-4H3,(H2,26,28,29);1H. The van der Waals surface area contributed by atoms with Crippen LogP contribution in [0.15, 0.2) is 53.7 Å². The Hall–Kier alpha value is -2.62. The lowest BCUT2D eigenvalue weighted by Crippen LogP contribution is -2.38. The van der Waals surface area contributed by atoms with Crippen LogP contribution in [0.1, 0.15) is 48.3 Å². The van der Waals surface area contributed by atoms with E-state index in [0.29, 0.717) is 6.54 Å². The lowest BCUT2D eigenvalue weighted by Gasteiger charge is -2.22. The van der Waals surface area contributed by atoms with Crippen molar-refractivity contribution in [3.8, 4) is 5.82 Å². The van der Waals surface area contributed by atoms with Crippen molar-refractivity contribution in [3.05, 3.63) is 71.2 Å². The van der Waals surface area contributed by atoms with Crippen LogP contribution in [-0.2, 0) is 6.54 Å². The van der Waals surface area contributed by atoms with E-state index in [9.17, 15) is 0 Å². The maximum absolute atomic E-state index is 4.58. The van der Waals surface area contributed by atoms with Crippen LogP contribution in [0.2, 0.25) is 0 Å². The maximum atomic E-state index is 4.58. The molecule has 2 aromatic heterocycles. The third-order valence-corrected chi connectivity index (χ3v) is 5.91. The molecule has 1 aliphatic rings. The largest absolute Gasteiger partial charge is 0.372 e. The van der Waals surface area contributed by atoms with E-state index in [1.165, 1.54) is 24.1 Å². The van der Waals surface area contributed by atoms with Gasteiger partial charge in [0.2, 0.25) is 0 Å². The predicted molar refractivity (Wildman–Crippen MR) is 146 cm³/mol. The molecule has 0 bridgehead atoms. The third kappa shape index (κ3) is 6.25. The first-order chi connectivity index (χ1) is 15.5. The fourth-order valence-corrected chi connectivity index (χ4v) is 4.14. The quantitative estimate of drug-likeness (QED) is 0.264. The number of rotatable bonds is 6. The number of anilines is 1. The van der Waals surface area contributed by atoms with Crippen molar-refractivity contribution in [2.45, 2.75) is 46.2 Å². The summed E-state index contributed by atoms with van der Waals surface area (Å²) in [4.78, 5) is 11.4. The van der Waals surface area contributed by atoms with E-state index in [1.54, 1.807) is 7.05 Å². The van der Waals surface area contributed by atoms with E-state index in [0.717, 1.165) is 41.8 Å². The number of pyridine rings is 1. The van der Waals surface area contributed by atoms with Crippen LogP contribution in [0, 0.1) is 13.8 Å². The molecule has 0 aliphatic carbocycles. The summed E-state index contributed by atoms with van der Waals surface area (Å²) >= 11 is 0. The second-order valence-electron chi connectivity index (χ2n) is 8.44. The Bertz CT molecular complexity index is 1070. The smallest absolute Gasteiger partial charge is 0.191 e. The Balaban J connectivity index is 0.00000306. The lowest BCUT2D eigenvalue weighted by atomic mass is 10.1. The minimum Gasteiger partial charge on any atom is -0.372 e. The number of benzene rings is 1. The molecule has 33 heavy (non-hydrogen) atoms. The molecule has 0 saturated carbocycles. The summed E-state index contributed by atoms with van der Waals surface area (Å²) in [7, 11) is 1.80. The van der Waals surface area contributed by atoms with Gasteiger partial charge in [0.1, 0.15) is 0 Å². The van der Waals surface area contributed by atoms with Crippen LogP contribution < -0.4 is 15.5 Å². The Labute approximate surface area is 213 Å². The fraction of sp³-hybridized carbons (Fsp3) is 0.400. The molecule has 0 amide bonds. The summed E-state index contributed by atoms with van der Waals surface area (Å²) in [6.45, 7) is 9.14. The highest BCUT2D eigenvalue weighted by molar-refractivity contribution is 14.0. The SMILES string of the molecule is CN=C(NCc1ccc(-n2nc(C)cc2C)nc1)NC(C)c1cccc(N2CCCC2)c1.I. The zero-order valence-electron chi connectivity index (χ0n) is 19.9. The van der Waals surface area contributed by atoms with Crippen LogP contribution in [-0.4, -0.2) is 40.9 Å². The first kappa shape index (κ1) is 25.0. The predicted octanol–water partition coefficient (Wildman–Crippen LogP) is 4.53. The summed E-state index contributed by atoms with van der Waals surface area (Å²) in [5.74, 6) is 1.60. The third-order valence-electron chi connectivity index (χ3n) is 5.91. The molecule has 3 aromatic rings. The molecule has 1 unspecified atom stereocenters. The molecule has 7 nitrogen and oxygen atoms in total. The Morgan fingerprint density at radius 1 is 1.12 bits per heavy atom. The lowest BCUT2D eigenvalue weighted by molar-refractivity contribution is 0.684. The Kier molecular flexibility index (Phi) is 8.71. The number of aliphatic imine (C=N–C) groups is 1. The van der Waals surface area contributed by atoms with Crippen molar-refractivity contribution in [1.29, 1.82) is 0 Å². The molecular formula is C25H34IN7. The van der Waals surface area contributed by atoms with Gasteiger partial charge in [-0.2, -0.15) is 5.10 Å². The molecule has 0 radical (unpaired) electrons. The van der Waals surface area contributed by atoms with E-state index < -0.39 is 0 Å². The van der Waals surface area contributed by atoms with E-state index in [4.69, 9.17) is 0 Å². The van der Waals surface area contributed by atoms with Crippen molar-refractivity contribution in [2.75, 3.05) is 25.0 Å². The summed E-state index contributed by atoms with van der Waals surface area (Å²) in [5.41, 5.74) is 5.72. The second-order valence-corrected chi connectivity index (χ2v) is 8.44. The highest BCUT2D eigenvalue weighted by Gasteiger charge is 2.14. The molecule has 1 aliphatic heterocycles. The van der Waals surface area contributed by atoms with Gasteiger partial charge in [-0.15, -0.1) is 24.0 Å². The molecule has 1 saturated heterocycles. The summed E-state index contributed by atoms with van der Waals surface area (Å²) in [5, 5.41) is 11.4. The van der Waals surface area contributed by atoms with Gasteiger partial charge in [-0.25, -0.2) is 9.67 Å². The van der Waals surface area contributed by atoms with E-state index in [1.807, 2.05) is 30.8 Å². The first-order valence-corrected chi connectivity index (χ1v) is 11.3. The van der Waals surface area contributed by atoms with Crippen LogP contribution in [0.3, 0.4) is 0 Å². The Morgan fingerprint density at radius 3 is 2.55 bits per heavy atom. The average molecular weight is 560 g/mol. The molecule has 1 fully saturated rings. The molecule has 8 heteroatoms. The number of guanidine groups is 1. The van der Waals surface area contributed by atoms with Gasteiger partial charge in [-0.05, 0) is 69.0 Å². The summed E-state index contributed by atoms with van der Waals surface area (Å²) < 4.78 is 1.87. The highest BCUT2D eigenvalue weighted by Crippen LogP contribution is 2.24. The minimum atomic E-state index is 0. The molecule has 0 spiro atoms. The number of halogens is 1. The number of aromatic nitrogens is 3. The zero-order chi connectivity index (χ0) is 22.5. The number of hydrogen-bond donors (Lipinski definition) is 2. The molecular weight excluding hydrogens is 525 g/mol. The van der Waals surface area contributed by atoms with Crippen molar-refractivity contribution < 1.29 is 0 Å². The van der Waals surface area contributed by atoms with Gasteiger partial charge in [0.25, 0.3) is 0 Å². The molecule has 3 heterocycles. The van der Waals surface area contributed by atoms with Crippen molar-refractivity contribution >= 4 is 35.6 Å². The minimum absolute atomic E-state index is 0. The highest BCUT2D eigenvalue weighted by atomic mass is 127. The van der Waals surface area contributed by atoms with Crippen LogP contribution >= 0.6 is 24.0 Å². The molecule has 176 valence electrons. The maximum Gasteiger partial charge on any atom is 0.191 e. The monoisotopic (exact) mass is 559 g/mol. The molecule has 2 N–H and O–H groups in total. The molecule has 1 atom stereocenters. The van der Waals surface area contributed by atoms with Gasteiger partial charge < -0.3 is 15.5 Å². The second kappa shape index (κ2) is 11.5. The molecule has 1 aromatic carbocycles.